The van der Waals surface area contributed by atoms with Crippen molar-refractivity contribution in [3.05, 3.63) is 65.7 Å². The Balaban J connectivity index is 1.35. The molecule has 2 amide bonds. The zero-order valence-electron chi connectivity index (χ0n) is 17.0. The lowest BCUT2D eigenvalue weighted by Gasteiger charge is -2.43. The molecule has 1 atom stereocenters. The number of nitrogens with one attached hydrogen (secondary N) is 1. The van der Waals surface area contributed by atoms with Crippen molar-refractivity contribution in [2.75, 3.05) is 31.1 Å². The van der Waals surface area contributed by atoms with Gasteiger partial charge in [-0.2, -0.15) is 0 Å². The fraction of sp³-hybridized carbons (Fsp3) is 0.458. The number of carbonyl (C=O) groups excluding carboxylic acids is 1. The van der Waals surface area contributed by atoms with Crippen LogP contribution in [-0.2, 0) is 13.1 Å². The van der Waals surface area contributed by atoms with Crippen LogP contribution in [0, 0.1) is 0 Å². The average molecular weight is 391 g/mol. The molecular weight excluding hydrogens is 360 g/mol. The largest absolute Gasteiger partial charge is 0.364 e. The summed E-state index contributed by atoms with van der Waals surface area (Å²) >= 11 is 0. The van der Waals surface area contributed by atoms with Gasteiger partial charge in [0.2, 0.25) is 0 Å². The van der Waals surface area contributed by atoms with Crippen molar-refractivity contribution in [1.29, 1.82) is 0 Å². The molecule has 2 fully saturated rings. The standard InChI is InChI=1S/C24H30N4O/c29-24(25-21-10-6-11-21)27-16-20-9-4-5-12-23(20)28-14-13-26(17-22(28)18-27)15-19-7-2-1-3-8-19/h1-5,7-9,12,21-22H,6,10-11,13-18H2,(H,25,29). The van der Waals surface area contributed by atoms with Gasteiger partial charge in [0, 0.05) is 51.0 Å². The number of para-hydroxylation sites is 1. The molecule has 1 aliphatic carbocycles. The molecule has 2 aromatic rings. The molecule has 1 N–H and O–H groups in total. The molecule has 1 saturated carbocycles. The smallest absolute Gasteiger partial charge is 0.317 e. The summed E-state index contributed by atoms with van der Waals surface area (Å²) in [6, 6.07) is 20.1. The van der Waals surface area contributed by atoms with Gasteiger partial charge in [0.05, 0.1) is 6.04 Å². The molecular formula is C24H30N4O. The molecule has 0 aromatic heterocycles. The van der Waals surface area contributed by atoms with E-state index >= 15 is 0 Å². The molecule has 5 nitrogen and oxygen atoms in total. The number of urea groups is 1. The Morgan fingerprint density at radius 1 is 0.966 bits per heavy atom. The van der Waals surface area contributed by atoms with Crippen molar-refractivity contribution in [2.45, 2.75) is 44.4 Å². The van der Waals surface area contributed by atoms with Gasteiger partial charge in [0.25, 0.3) is 0 Å². The monoisotopic (exact) mass is 390 g/mol. The lowest BCUT2D eigenvalue weighted by Crippen LogP contribution is -2.57. The van der Waals surface area contributed by atoms with E-state index in [0.717, 1.165) is 45.6 Å². The number of carbonyl (C=O) groups is 1. The average Bonchev–Trinajstić information content (AvgIpc) is 2.88. The number of hydrogen-bond donors (Lipinski definition) is 1. The van der Waals surface area contributed by atoms with E-state index in [0.29, 0.717) is 18.6 Å². The Morgan fingerprint density at radius 3 is 2.55 bits per heavy atom. The molecule has 0 radical (unpaired) electrons. The van der Waals surface area contributed by atoms with Crippen molar-refractivity contribution in [3.63, 3.8) is 0 Å². The minimum absolute atomic E-state index is 0.103. The van der Waals surface area contributed by atoms with E-state index in [4.69, 9.17) is 0 Å². The van der Waals surface area contributed by atoms with Crippen molar-refractivity contribution >= 4 is 11.7 Å². The minimum Gasteiger partial charge on any atom is -0.364 e. The van der Waals surface area contributed by atoms with Gasteiger partial charge in [0.1, 0.15) is 0 Å². The van der Waals surface area contributed by atoms with Crippen LogP contribution in [0.4, 0.5) is 10.5 Å². The summed E-state index contributed by atoms with van der Waals surface area (Å²) in [7, 11) is 0. The first kappa shape index (κ1) is 18.5. The number of rotatable bonds is 3. The highest BCUT2D eigenvalue weighted by atomic mass is 16.2. The molecule has 5 rings (SSSR count). The third-order valence-corrected chi connectivity index (χ3v) is 6.63. The summed E-state index contributed by atoms with van der Waals surface area (Å²) in [5.41, 5.74) is 3.92. The molecule has 0 bridgehead atoms. The van der Waals surface area contributed by atoms with Gasteiger partial charge in [-0.15, -0.1) is 0 Å². The fourth-order valence-corrected chi connectivity index (χ4v) is 4.80. The van der Waals surface area contributed by atoms with Crippen molar-refractivity contribution in [2.24, 2.45) is 0 Å². The molecule has 5 heteroatoms. The molecule has 0 spiro atoms. The third-order valence-electron chi connectivity index (χ3n) is 6.63. The number of nitrogens with zero attached hydrogens (tertiary/aromatic N) is 3. The van der Waals surface area contributed by atoms with Gasteiger partial charge >= 0.3 is 6.03 Å². The summed E-state index contributed by atoms with van der Waals surface area (Å²) in [6.07, 6.45) is 3.48. The fourth-order valence-electron chi connectivity index (χ4n) is 4.80. The first-order chi connectivity index (χ1) is 14.3. The summed E-state index contributed by atoms with van der Waals surface area (Å²) in [4.78, 5) is 20.1. The van der Waals surface area contributed by atoms with E-state index in [2.05, 4.69) is 69.7 Å². The maximum Gasteiger partial charge on any atom is 0.317 e. The lowest BCUT2D eigenvalue weighted by molar-refractivity contribution is 0.163. The van der Waals surface area contributed by atoms with Crippen molar-refractivity contribution in [3.8, 4) is 0 Å². The van der Waals surface area contributed by atoms with Crippen molar-refractivity contribution < 1.29 is 4.79 Å². The van der Waals surface area contributed by atoms with E-state index in [1.807, 2.05) is 4.90 Å². The van der Waals surface area contributed by atoms with Crippen LogP contribution in [0.15, 0.2) is 54.6 Å². The molecule has 2 heterocycles. The molecule has 29 heavy (non-hydrogen) atoms. The van der Waals surface area contributed by atoms with Crippen molar-refractivity contribution in [1.82, 2.24) is 15.1 Å². The van der Waals surface area contributed by atoms with Crippen LogP contribution in [0.2, 0.25) is 0 Å². The molecule has 3 aliphatic rings. The third kappa shape index (κ3) is 3.97. The predicted molar refractivity (Wildman–Crippen MR) is 116 cm³/mol. The van der Waals surface area contributed by atoms with Gasteiger partial charge in [-0.25, -0.2) is 4.79 Å². The first-order valence-electron chi connectivity index (χ1n) is 10.9. The highest BCUT2D eigenvalue weighted by molar-refractivity contribution is 5.75. The maximum atomic E-state index is 13.0. The van der Waals surface area contributed by atoms with Crippen LogP contribution in [0.25, 0.3) is 0 Å². The molecule has 2 aromatic carbocycles. The SMILES string of the molecule is O=C(NC1CCC1)N1Cc2ccccc2N2CCN(Cc3ccccc3)CC2C1. The lowest BCUT2D eigenvalue weighted by atomic mass is 9.93. The maximum absolute atomic E-state index is 13.0. The highest BCUT2D eigenvalue weighted by Crippen LogP contribution is 2.30. The second kappa shape index (κ2) is 8.07. The van der Waals surface area contributed by atoms with Crippen LogP contribution in [-0.4, -0.2) is 54.1 Å². The topological polar surface area (TPSA) is 38.8 Å². The predicted octanol–water partition coefficient (Wildman–Crippen LogP) is 3.46. The van der Waals surface area contributed by atoms with E-state index in [-0.39, 0.29) is 6.03 Å². The van der Waals surface area contributed by atoms with Gasteiger partial charge in [0.15, 0.2) is 0 Å². The van der Waals surface area contributed by atoms with E-state index < -0.39 is 0 Å². The van der Waals surface area contributed by atoms with Crippen LogP contribution in [0.1, 0.15) is 30.4 Å². The summed E-state index contributed by atoms with van der Waals surface area (Å²) in [5.74, 6) is 0. The first-order valence-corrected chi connectivity index (χ1v) is 10.9. The van der Waals surface area contributed by atoms with Gasteiger partial charge in [-0.1, -0.05) is 48.5 Å². The van der Waals surface area contributed by atoms with E-state index in [1.165, 1.54) is 23.2 Å². The number of fused-ring (bicyclic) bond motifs is 3. The Bertz CT molecular complexity index is 851. The quantitative estimate of drug-likeness (QED) is 0.872. The normalized spacial score (nSPS) is 22.3. The number of piperazine rings is 1. The number of anilines is 1. The van der Waals surface area contributed by atoms with Crippen LogP contribution in [0.5, 0.6) is 0 Å². The number of amides is 2. The summed E-state index contributed by atoms with van der Waals surface area (Å²) in [5, 5.41) is 3.25. The number of hydrogen-bond acceptors (Lipinski definition) is 3. The molecule has 152 valence electrons. The molecule has 1 unspecified atom stereocenters. The Kier molecular flexibility index (Phi) is 5.15. The molecule has 1 saturated heterocycles. The minimum atomic E-state index is 0.103. The highest BCUT2D eigenvalue weighted by Gasteiger charge is 2.35. The second-order valence-electron chi connectivity index (χ2n) is 8.65. The van der Waals surface area contributed by atoms with E-state index in [1.54, 1.807) is 0 Å². The summed E-state index contributed by atoms with van der Waals surface area (Å²) in [6.45, 7) is 5.48. The zero-order valence-corrected chi connectivity index (χ0v) is 17.0. The zero-order chi connectivity index (χ0) is 19.6. The van der Waals surface area contributed by atoms with E-state index in [9.17, 15) is 4.79 Å². The number of benzene rings is 2. The second-order valence-corrected chi connectivity index (χ2v) is 8.65. The van der Waals surface area contributed by atoms with Gasteiger partial charge in [-0.3, -0.25) is 4.90 Å². The molecule has 2 aliphatic heterocycles. The Hall–Kier alpha value is -2.53. The Labute approximate surface area is 173 Å². The van der Waals surface area contributed by atoms with Gasteiger partial charge in [-0.05, 0) is 36.5 Å². The van der Waals surface area contributed by atoms with Crippen LogP contribution < -0.4 is 10.2 Å². The van der Waals surface area contributed by atoms with Gasteiger partial charge < -0.3 is 15.1 Å². The summed E-state index contributed by atoms with van der Waals surface area (Å²) < 4.78 is 0. The Morgan fingerprint density at radius 2 is 1.76 bits per heavy atom. The van der Waals surface area contributed by atoms with Crippen LogP contribution in [0.3, 0.4) is 0 Å². The van der Waals surface area contributed by atoms with Crippen LogP contribution >= 0.6 is 0 Å².